The third-order valence-corrected chi connectivity index (χ3v) is 2.20. The Morgan fingerprint density at radius 2 is 2.20 bits per heavy atom. The van der Waals surface area contributed by atoms with Gasteiger partial charge < -0.3 is 0 Å². The normalized spacial score (nSPS) is 10.7. The lowest BCUT2D eigenvalue weighted by atomic mass is 10.2. The van der Waals surface area contributed by atoms with Crippen molar-refractivity contribution < 1.29 is 18.1 Å². The summed E-state index contributed by atoms with van der Waals surface area (Å²) in [6.07, 6.45) is -3.18. The second-order valence-corrected chi connectivity index (χ2v) is 3.09. The van der Waals surface area contributed by atoms with Crippen LogP contribution in [0.25, 0.3) is 0 Å². The smallest absolute Gasteiger partial charge is 0.258 e. The summed E-state index contributed by atoms with van der Waals surface area (Å²) in [4.78, 5) is 12.3. The van der Waals surface area contributed by atoms with Crippen LogP contribution in [0.5, 0.6) is 0 Å². The number of aromatic nitrogens is 1. The van der Waals surface area contributed by atoms with Gasteiger partial charge in [0.25, 0.3) is 6.43 Å². The molecule has 4 nitrogen and oxygen atoms in total. The van der Waals surface area contributed by atoms with Gasteiger partial charge in [0.15, 0.2) is 5.69 Å². The first-order chi connectivity index (χ1) is 6.97. The molecule has 0 bridgehead atoms. The average Bonchev–Trinajstić information content (AvgIpc) is 2.15. The quantitative estimate of drug-likeness (QED) is 0.371. The second-order valence-electron chi connectivity index (χ2n) is 2.53. The van der Waals surface area contributed by atoms with E-state index in [1.54, 1.807) is 0 Å². The van der Waals surface area contributed by atoms with E-state index in [1.807, 2.05) is 0 Å². The van der Waals surface area contributed by atoms with E-state index in [0.717, 1.165) is 6.07 Å². The lowest BCUT2D eigenvalue weighted by molar-refractivity contribution is -0.387. The van der Waals surface area contributed by atoms with E-state index in [-0.39, 0.29) is 10.9 Å². The summed E-state index contributed by atoms with van der Waals surface area (Å²) in [5, 5.41) is 10.4. The predicted octanol–water partition coefficient (Wildman–Crippen LogP) is 2.96. The van der Waals surface area contributed by atoms with Gasteiger partial charge in [-0.1, -0.05) is 15.9 Å². The highest BCUT2D eigenvalue weighted by Crippen LogP contribution is 2.31. The average molecular weight is 285 g/mol. The van der Waals surface area contributed by atoms with Crippen LogP contribution in [-0.4, -0.2) is 9.91 Å². The second kappa shape index (κ2) is 4.56. The van der Waals surface area contributed by atoms with Crippen molar-refractivity contribution in [3.05, 3.63) is 33.4 Å². The Hall–Kier alpha value is -1.18. The molecule has 0 saturated carbocycles. The molecule has 0 amide bonds. The molecule has 0 saturated heterocycles. The lowest BCUT2D eigenvalue weighted by Crippen LogP contribution is -2.04. The van der Waals surface area contributed by atoms with Crippen molar-refractivity contribution in [1.82, 2.24) is 4.98 Å². The molecule has 82 valence electrons. The van der Waals surface area contributed by atoms with Crippen LogP contribution in [0.4, 0.5) is 18.9 Å². The van der Waals surface area contributed by atoms with Crippen molar-refractivity contribution in [2.24, 2.45) is 0 Å². The van der Waals surface area contributed by atoms with Crippen molar-refractivity contribution in [3.8, 4) is 0 Å². The molecule has 0 aliphatic heterocycles. The van der Waals surface area contributed by atoms with Crippen LogP contribution in [-0.2, 0) is 5.33 Å². The number of nitro groups is 1. The highest BCUT2D eigenvalue weighted by Gasteiger charge is 2.28. The maximum absolute atomic E-state index is 12.7. The fourth-order valence-corrected chi connectivity index (χ4v) is 1.47. The summed E-state index contributed by atoms with van der Waals surface area (Å²) in [7, 11) is 0. The molecular weight excluding hydrogens is 281 g/mol. The van der Waals surface area contributed by atoms with Gasteiger partial charge in [-0.2, -0.15) is 4.39 Å². The fourth-order valence-electron chi connectivity index (χ4n) is 1.04. The number of nitrogens with zero attached hydrogens (tertiary/aromatic N) is 2. The van der Waals surface area contributed by atoms with Crippen LogP contribution in [0, 0.1) is 16.1 Å². The van der Waals surface area contributed by atoms with Gasteiger partial charge in [0.2, 0.25) is 5.95 Å². The summed E-state index contributed by atoms with van der Waals surface area (Å²) >= 11 is 2.85. The zero-order valence-corrected chi connectivity index (χ0v) is 8.67. The molecule has 1 rings (SSSR count). The summed E-state index contributed by atoms with van der Waals surface area (Å²) in [5.41, 5.74) is -2.15. The van der Waals surface area contributed by atoms with Crippen LogP contribution in [0.2, 0.25) is 0 Å². The molecular formula is C7H4BrF3N2O2. The van der Waals surface area contributed by atoms with E-state index in [2.05, 4.69) is 20.9 Å². The van der Waals surface area contributed by atoms with Gasteiger partial charge in [0.1, 0.15) is 0 Å². The molecule has 0 N–H and O–H groups in total. The molecule has 0 unspecified atom stereocenters. The highest BCUT2D eigenvalue weighted by atomic mass is 79.9. The summed E-state index contributed by atoms with van der Waals surface area (Å²) < 4.78 is 37.4. The third kappa shape index (κ3) is 2.44. The number of hydrogen-bond acceptors (Lipinski definition) is 3. The molecule has 0 aromatic carbocycles. The van der Waals surface area contributed by atoms with Crippen molar-refractivity contribution in [3.63, 3.8) is 0 Å². The SMILES string of the molecule is O=[N+]([O-])c1c(CBr)cc(F)nc1C(F)F. The minimum absolute atomic E-state index is 0.0948. The molecule has 0 aliphatic rings. The van der Waals surface area contributed by atoms with Crippen LogP contribution in [0.1, 0.15) is 17.7 Å². The van der Waals surface area contributed by atoms with Crippen LogP contribution in [0.3, 0.4) is 0 Å². The maximum atomic E-state index is 12.7. The van der Waals surface area contributed by atoms with E-state index in [1.165, 1.54) is 0 Å². The van der Waals surface area contributed by atoms with Gasteiger partial charge in [-0.15, -0.1) is 0 Å². The molecule has 0 spiro atoms. The molecule has 15 heavy (non-hydrogen) atoms. The summed E-state index contributed by atoms with van der Waals surface area (Å²) in [5.74, 6) is -1.16. The monoisotopic (exact) mass is 284 g/mol. The molecule has 8 heteroatoms. The Labute approximate surface area is 90.4 Å². The van der Waals surface area contributed by atoms with Gasteiger partial charge in [-0.05, 0) is 0 Å². The van der Waals surface area contributed by atoms with Crippen molar-refractivity contribution in [2.75, 3.05) is 0 Å². The van der Waals surface area contributed by atoms with Gasteiger partial charge in [0.05, 0.1) is 4.92 Å². The van der Waals surface area contributed by atoms with Gasteiger partial charge >= 0.3 is 5.69 Å². The first-order valence-corrected chi connectivity index (χ1v) is 4.77. The fraction of sp³-hybridized carbons (Fsp3) is 0.286. The van der Waals surface area contributed by atoms with Crippen LogP contribution < -0.4 is 0 Å². The lowest BCUT2D eigenvalue weighted by Gasteiger charge is -2.04. The van der Waals surface area contributed by atoms with Crippen molar-refractivity contribution >= 4 is 21.6 Å². The zero-order valence-electron chi connectivity index (χ0n) is 7.08. The topological polar surface area (TPSA) is 56.0 Å². The van der Waals surface area contributed by atoms with E-state index in [0.29, 0.717) is 0 Å². The third-order valence-electron chi connectivity index (χ3n) is 1.60. The molecule has 0 radical (unpaired) electrons. The maximum Gasteiger partial charge on any atom is 0.300 e. The summed E-state index contributed by atoms with van der Waals surface area (Å²) in [6, 6.07) is 0.749. The minimum atomic E-state index is -3.18. The summed E-state index contributed by atoms with van der Waals surface area (Å²) in [6.45, 7) is 0. The van der Waals surface area contributed by atoms with E-state index in [9.17, 15) is 23.3 Å². The number of rotatable bonds is 3. The van der Waals surface area contributed by atoms with Gasteiger partial charge in [-0.3, -0.25) is 10.1 Å². The molecule has 0 fully saturated rings. The molecule has 0 atom stereocenters. The Morgan fingerprint density at radius 3 is 2.60 bits per heavy atom. The molecule has 0 aliphatic carbocycles. The predicted molar refractivity (Wildman–Crippen MR) is 48.4 cm³/mol. The Bertz CT molecular complexity index is 400. The Morgan fingerprint density at radius 1 is 1.60 bits per heavy atom. The van der Waals surface area contributed by atoms with Crippen molar-refractivity contribution in [1.29, 1.82) is 0 Å². The Kier molecular flexibility index (Phi) is 3.61. The first kappa shape index (κ1) is 11.9. The largest absolute Gasteiger partial charge is 0.300 e. The zero-order chi connectivity index (χ0) is 11.6. The van der Waals surface area contributed by atoms with Crippen LogP contribution in [0.15, 0.2) is 6.07 Å². The van der Waals surface area contributed by atoms with E-state index in [4.69, 9.17) is 0 Å². The highest BCUT2D eigenvalue weighted by molar-refractivity contribution is 9.08. The van der Waals surface area contributed by atoms with E-state index >= 15 is 0 Å². The minimum Gasteiger partial charge on any atom is -0.258 e. The number of alkyl halides is 3. The molecule has 1 aromatic rings. The number of hydrogen-bond donors (Lipinski definition) is 0. The Balaban J connectivity index is 3.47. The molecule has 1 heterocycles. The van der Waals surface area contributed by atoms with Gasteiger partial charge in [0, 0.05) is 17.0 Å². The first-order valence-electron chi connectivity index (χ1n) is 3.65. The van der Waals surface area contributed by atoms with Crippen molar-refractivity contribution in [2.45, 2.75) is 11.8 Å². The number of pyridine rings is 1. The number of halogens is 4. The van der Waals surface area contributed by atoms with Crippen LogP contribution >= 0.6 is 15.9 Å². The standard InChI is InChI=1S/C7H4BrF3N2O2/c8-2-3-1-4(9)12-5(7(10)11)6(3)13(14)15/h1,7H,2H2. The van der Waals surface area contributed by atoms with Gasteiger partial charge in [-0.25, -0.2) is 13.8 Å². The van der Waals surface area contributed by atoms with E-state index < -0.39 is 28.7 Å². The molecule has 1 aromatic heterocycles.